The van der Waals surface area contributed by atoms with E-state index in [2.05, 4.69) is 16.4 Å². The van der Waals surface area contributed by atoms with Crippen molar-refractivity contribution in [1.82, 2.24) is 31.1 Å². The van der Waals surface area contributed by atoms with Crippen LogP contribution in [0.3, 0.4) is 0 Å². The summed E-state index contributed by atoms with van der Waals surface area (Å²) in [7, 11) is 0. The Kier molecular flexibility index (Phi) is 22.8. The van der Waals surface area contributed by atoms with E-state index in [0.717, 1.165) is 210 Å². The highest BCUT2D eigenvalue weighted by atomic mass is 16.7. The quantitative estimate of drug-likeness (QED) is 0.0882. The summed E-state index contributed by atoms with van der Waals surface area (Å²) in [6.45, 7) is 11.6. The van der Waals surface area contributed by atoms with Gasteiger partial charge in [-0.2, -0.15) is 0 Å². The van der Waals surface area contributed by atoms with Crippen molar-refractivity contribution in [2.75, 3.05) is 0 Å². The van der Waals surface area contributed by atoms with Crippen LogP contribution in [-0.4, -0.2) is 86.7 Å². The van der Waals surface area contributed by atoms with Crippen LogP contribution >= 0.6 is 0 Å². The number of nitrogens with one attached hydrogen (secondary N) is 3. The van der Waals surface area contributed by atoms with Crippen molar-refractivity contribution < 1.29 is 28.9 Å². The van der Waals surface area contributed by atoms with Gasteiger partial charge in [-0.15, -0.1) is 0 Å². The van der Waals surface area contributed by atoms with E-state index in [1.54, 1.807) is 32.9 Å². The number of amidine groups is 3. The lowest BCUT2D eigenvalue weighted by Crippen LogP contribution is -2.50. The van der Waals surface area contributed by atoms with E-state index in [-0.39, 0.29) is 88.7 Å². The Bertz CT molecular complexity index is 1950. The average molecular weight is 1040 g/mol. The van der Waals surface area contributed by atoms with Crippen molar-refractivity contribution in [3.05, 3.63) is 70.2 Å². The van der Waals surface area contributed by atoms with E-state index in [1.807, 2.05) is 59.8 Å². The molecule has 0 heterocycles. The smallest absolute Gasteiger partial charge is 0.322 e. The van der Waals surface area contributed by atoms with Gasteiger partial charge in [0.05, 0.1) is 18.1 Å². The molecular weight excluding hydrogens is 943 g/mol. The van der Waals surface area contributed by atoms with E-state index in [1.165, 1.54) is 0 Å². The fourth-order valence-corrected chi connectivity index (χ4v) is 11.7. The molecule has 0 aliphatic heterocycles. The van der Waals surface area contributed by atoms with Gasteiger partial charge in [0.25, 0.3) is 17.7 Å². The van der Waals surface area contributed by atoms with Crippen molar-refractivity contribution in [2.24, 2.45) is 15.0 Å². The minimum absolute atomic E-state index is 0.0122. The number of aliphatic imine (C=N–C) groups is 3. The van der Waals surface area contributed by atoms with Crippen LogP contribution < -0.4 is 16.4 Å². The third kappa shape index (κ3) is 16.6. The van der Waals surface area contributed by atoms with E-state index >= 15 is 14.4 Å². The van der Waals surface area contributed by atoms with Gasteiger partial charge in [-0.25, -0.2) is 31.4 Å². The first-order valence-corrected chi connectivity index (χ1v) is 29.6. The number of carbonyl (C=O) groups is 3. The van der Waals surface area contributed by atoms with Gasteiger partial charge >= 0.3 is 18.1 Å². The van der Waals surface area contributed by atoms with Gasteiger partial charge in [0, 0.05) is 51.9 Å². The summed E-state index contributed by atoms with van der Waals surface area (Å²) in [5.74, 6) is -1.11. The normalized spacial score (nSPS) is 21.5. The molecule has 0 radical (unpaired) electrons. The Hall–Kier alpha value is -5.34. The molecule has 0 aromatic heterocycles. The van der Waals surface area contributed by atoms with E-state index in [4.69, 9.17) is 29.5 Å². The predicted molar refractivity (Wildman–Crippen MR) is 299 cm³/mol. The lowest BCUT2D eigenvalue weighted by Gasteiger charge is -2.36. The van der Waals surface area contributed by atoms with E-state index in [9.17, 15) is 0 Å². The minimum Gasteiger partial charge on any atom is -0.343 e. The maximum absolute atomic E-state index is 16.1. The Balaban J connectivity index is 1.43. The highest BCUT2D eigenvalue weighted by molar-refractivity contribution is 6.12. The fraction of sp³-hybridized carbons (Fsp3) is 0.700. The number of rotatable bonds is 15. The number of hydrogen-bond acceptors (Lipinski definition) is 12. The second-order valence-corrected chi connectivity index (χ2v) is 22.3. The molecule has 3 amide bonds. The first kappa shape index (κ1) is 57.4. The molecule has 7 rings (SSSR count). The molecule has 0 bridgehead atoms. The highest BCUT2D eigenvalue weighted by Gasteiger charge is 2.39. The number of benzene rings is 1. The summed E-state index contributed by atoms with van der Waals surface area (Å²) in [6, 6.07) is 5.04. The first-order chi connectivity index (χ1) is 36.6. The van der Waals surface area contributed by atoms with Crippen LogP contribution in [0.2, 0.25) is 0 Å². The van der Waals surface area contributed by atoms with Gasteiger partial charge in [-0.1, -0.05) is 134 Å². The second kappa shape index (κ2) is 29.8. The molecular formula is C60H93N9O6. The number of allylic oxidation sites excluding steroid dienone is 6. The molecule has 0 atom stereocenters. The number of nitrogens with zero attached hydrogens (tertiary/aromatic N) is 6. The van der Waals surface area contributed by atoms with Gasteiger partial charge in [-0.05, 0) is 137 Å². The summed E-state index contributed by atoms with van der Waals surface area (Å²) in [4.78, 5) is 88.7. The Morgan fingerprint density at radius 1 is 0.387 bits per heavy atom. The number of hydroxylamine groups is 3. The van der Waals surface area contributed by atoms with Gasteiger partial charge in [-0.3, -0.25) is 29.1 Å². The van der Waals surface area contributed by atoms with Crippen molar-refractivity contribution in [2.45, 2.75) is 270 Å². The molecule has 6 aliphatic rings. The zero-order valence-electron chi connectivity index (χ0n) is 46.8. The van der Waals surface area contributed by atoms with Crippen LogP contribution in [0.4, 0.5) is 0 Å². The molecule has 0 unspecified atom stereocenters. The molecule has 6 aliphatic carbocycles. The molecule has 6 saturated carbocycles. The molecule has 3 N–H and O–H groups in total. The summed E-state index contributed by atoms with van der Waals surface area (Å²) < 4.78 is 0. The fourth-order valence-electron chi connectivity index (χ4n) is 11.7. The molecule has 6 fully saturated rings. The number of carbonyl (C=O) groups excluding carboxylic acids is 3. The number of amides is 3. The molecule has 414 valence electrons. The zero-order chi connectivity index (χ0) is 52.9. The molecule has 0 saturated heterocycles. The third-order valence-corrected chi connectivity index (χ3v) is 16.6. The van der Waals surface area contributed by atoms with Crippen LogP contribution in [0.15, 0.2) is 68.5 Å². The van der Waals surface area contributed by atoms with Gasteiger partial charge in [0.15, 0.2) is 0 Å². The molecule has 15 nitrogen and oxygen atoms in total. The first-order valence-electron chi connectivity index (χ1n) is 29.6. The molecule has 0 spiro atoms. The van der Waals surface area contributed by atoms with Crippen molar-refractivity contribution in [1.29, 1.82) is 0 Å². The van der Waals surface area contributed by atoms with E-state index < -0.39 is 0 Å². The summed E-state index contributed by atoms with van der Waals surface area (Å²) in [5, 5.41) is 0. The maximum atomic E-state index is 16.1. The Labute approximate surface area is 449 Å². The summed E-state index contributed by atoms with van der Waals surface area (Å²) in [6.07, 6.45) is 34.6. The molecule has 1 aromatic carbocycles. The van der Waals surface area contributed by atoms with Crippen LogP contribution in [-0.2, 0) is 14.5 Å². The maximum Gasteiger partial charge on any atom is 0.322 e. The zero-order valence-corrected chi connectivity index (χ0v) is 46.8. The van der Waals surface area contributed by atoms with E-state index in [0.29, 0.717) is 0 Å². The Morgan fingerprint density at radius 2 is 0.600 bits per heavy atom. The molecule has 1 aromatic rings. The van der Waals surface area contributed by atoms with Crippen molar-refractivity contribution in [3.8, 4) is 0 Å². The van der Waals surface area contributed by atoms with Crippen molar-refractivity contribution in [3.63, 3.8) is 0 Å². The lowest BCUT2D eigenvalue weighted by molar-refractivity contribution is 0.0670. The van der Waals surface area contributed by atoms with Crippen molar-refractivity contribution >= 4 is 35.8 Å². The monoisotopic (exact) mass is 1040 g/mol. The molecule has 75 heavy (non-hydrogen) atoms. The van der Waals surface area contributed by atoms with Gasteiger partial charge in [0.1, 0.15) is 0 Å². The van der Waals surface area contributed by atoms with Gasteiger partial charge < -0.3 is 14.5 Å². The summed E-state index contributed by atoms with van der Waals surface area (Å²) in [5.41, 5.74) is 12.2. The highest BCUT2D eigenvalue weighted by Crippen LogP contribution is 2.33. The Morgan fingerprint density at radius 3 is 0.813 bits per heavy atom. The minimum atomic E-state index is -0.371. The standard InChI is InChI=1S/C60H93N9O6/c1-7-43(4)64-73-58(61-49-28-16-10-17-29-49)67(52-34-22-13-23-35-52)55(70)46-40-47(56(71)68(53-36-24-14-25-37-53)59(74-65-44(5)8-2)62-50-30-18-11-19-31-50)42-48(41-46)57(72)69(54-38-26-15-27-39-54)60(75-66-45(6)9-3)63-51-32-20-12-21-33-51/h7-9,40-42,49-54,64-66H,10-39H2,1-6H3/b43-7+,44-8+,45-9+,61-58?,62-59?,63-60?. The number of hydrogen-bond donors (Lipinski definition) is 3. The molecule has 15 heteroatoms. The lowest BCUT2D eigenvalue weighted by atomic mass is 9.92. The topological polar surface area (TPSA) is 162 Å². The third-order valence-electron chi connectivity index (χ3n) is 16.6. The van der Waals surface area contributed by atoms with Crippen LogP contribution in [0.25, 0.3) is 0 Å². The van der Waals surface area contributed by atoms with Crippen LogP contribution in [0, 0.1) is 0 Å². The average Bonchev–Trinajstić information content (AvgIpc) is 3.46. The van der Waals surface area contributed by atoms with Crippen LogP contribution in [0.5, 0.6) is 0 Å². The van der Waals surface area contributed by atoms with Gasteiger partial charge in [0.2, 0.25) is 0 Å². The van der Waals surface area contributed by atoms with Crippen LogP contribution in [0.1, 0.15) is 265 Å². The predicted octanol–water partition coefficient (Wildman–Crippen LogP) is 13.4. The second-order valence-electron chi connectivity index (χ2n) is 22.3. The SMILES string of the molecule is C/C=C(\C)NOC(=NC1CCCCC1)N(C(=O)c1cc(C(=O)N(C(=NC2CCCCC2)ON/C(C)=C/C)C2CCCCC2)cc(C(=O)N(C(=NC2CCCCC2)ON/C(C)=C/C)C2CCCCC2)c1)C1CCCCC1. The largest absolute Gasteiger partial charge is 0.343 e. The summed E-state index contributed by atoms with van der Waals surface area (Å²) >= 11 is 0.